The molecule has 0 spiro atoms. The second kappa shape index (κ2) is 4.05. The predicted octanol–water partition coefficient (Wildman–Crippen LogP) is -1.25. The normalized spacial score (nSPS) is 15.3. The summed E-state index contributed by atoms with van der Waals surface area (Å²) in [7, 11) is 0. The minimum atomic E-state index is -0.794. The van der Waals surface area contributed by atoms with Gasteiger partial charge in [-0.1, -0.05) is 0 Å². The lowest BCUT2D eigenvalue weighted by molar-refractivity contribution is -0.161. The first-order valence-corrected chi connectivity index (χ1v) is 3.22. The molecule has 0 aromatic heterocycles. The number of carbonyl (C=O) groups is 2. The second-order valence-corrected chi connectivity index (χ2v) is 2.32. The summed E-state index contributed by atoms with van der Waals surface area (Å²) >= 11 is 0. The molecule has 0 aliphatic carbocycles. The summed E-state index contributed by atoms with van der Waals surface area (Å²) in [5, 5.41) is 0. The van der Waals surface area contributed by atoms with Gasteiger partial charge >= 0.3 is 11.9 Å². The van der Waals surface area contributed by atoms with Gasteiger partial charge in [0, 0.05) is 0 Å². The van der Waals surface area contributed by atoms with E-state index in [-0.39, 0.29) is 0 Å². The Morgan fingerprint density at radius 3 is 1.55 bits per heavy atom. The van der Waals surface area contributed by atoms with Crippen LogP contribution in [0.5, 0.6) is 0 Å². The molecule has 0 aliphatic rings. The van der Waals surface area contributed by atoms with Crippen molar-refractivity contribution in [3.8, 4) is 0 Å². The minimum Gasteiger partial charge on any atom is -0.391 e. The average Bonchev–Trinajstić information content (AvgIpc) is 1.87. The summed E-state index contributed by atoms with van der Waals surface area (Å²) < 4.78 is 4.25. The second-order valence-electron chi connectivity index (χ2n) is 2.32. The number of hydrogen-bond donors (Lipinski definition) is 2. The zero-order chi connectivity index (χ0) is 9.02. The molecule has 4 N–H and O–H groups in total. The summed E-state index contributed by atoms with van der Waals surface area (Å²) in [5.74, 6) is -1.51. The fourth-order valence-electron chi connectivity index (χ4n) is 0.285. The van der Waals surface area contributed by atoms with E-state index in [1.165, 1.54) is 13.8 Å². The quantitative estimate of drug-likeness (QED) is 0.388. The van der Waals surface area contributed by atoms with Gasteiger partial charge in [0.2, 0.25) is 0 Å². The fourth-order valence-corrected chi connectivity index (χ4v) is 0.285. The van der Waals surface area contributed by atoms with Gasteiger partial charge in [0.1, 0.15) is 12.1 Å². The average molecular weight is 160 g/mol. The highest BCUT2D eigenvalue weighted by Crippen LogP contribution is 1.88. The smallest absolute Gasteiger partial charge is 0.330 e. The van der Waals surface area contributed by atoms with Gasteiger partial charge in [0.15, 0.2) is 0 Å². The van der Waals surface area contributed by atoms with Crippen molar-refractivity contribution in [3.05, 3.63) is 0 Å². The number of esters is 2. The molecule has 2 atom stereocenters. The van der Waals surface area contributed by atoms with Crippen LogP contribution >= 0.6 is 0 Å². The third-order valence-corrected chi connectivity index (χ3v) is 0.945. The van der Waals surface area contributed by atoms with Gasteiger partial charge in [-0.05, 0) is 13.8 Å². The molecule has 11 heavy (non-hydrogen) atoms. The maximum absolute atomic E-state index is 10.6. The summed E-state index contributed by atoms with van der Waals surface area (Å²) in [6.45, 7) is 2.85. The molecular formula is C6H12N2O3. The molecule has 5 heteroatoms. The Hall–Kier alpha value is -0.940. The summed E-state index contributed by atoms with van der Waals surface area (Å²) in [6, 6.07) is -1.59. The van der Waals surface area contributed by atoms with Crippen LogP contribution in [0.1, 0.15) is 13.8 Å². The van der Waals surface area contributed by atoms with E-state index in [9.17, 15) is 9.59 Å². The van der Waals surface area contributed by atoms with Crippen LogP contribution < -0.4 is 11.5 Å². The van der Waals surface area contributed by atoms with Crippen molar-refractivity contribution in [2.75, 3.05) is 0 Å². The van der Waals surface area contributed by atoms with Crippen molar-refractivity contribution < 1.29 is 14.3 Å². The highest BCUT2D eigenvalue weighted by atomic mass is 16.6. The standard InChI is InChI=1S/C6H12N2O3/c1-3(7)5(9)11-6(10)4(2)8/h3-4H,7-8H2,1-2H3. The van der Waals surface area contributed by atoms with E-state index < -0.39 is 24.0 Å². The van der Waals surface area contributed by atoms with Crippen molar-refractivity contribution in [1.29, 1.82) is 0 Å². The fraction of sp³-hybridized carbons (Fsp3) is 0.667. The van der Waals surface area contributed by atoms with Crippen LogP contribution in [-0.4, -0.2) is 24.0 Å². The Balaban J connectivity index is 3.86. The largest absolute Gasteiger partial charge is 0.391 e. The number of ether oxygens (including phenoxy) is 1. The SMILES string of the molecule is CC(N)C(=O)OC(=O)C(C)N. The lowest BCUT2D eigenvalue weighted by atomic mass is 10.3. The third kappa shape index (κ3) is 3.69. The molecule has 0 aromatic carbocycles. The molecule has 0 saturated heterocycles. The minimum absolute atomic E-state index is 0.757. The summed E-state index contributed by atoms with van der Waals surface area (Å²) in [6.07, 6.45) is 0. The molecule has 0 aromatic rings. The van der Waals surface area contributed by atoms with Crippen LogP contribution in [0, 0.1) is 0 Å². The van der Waals surface area contributed by atoms with E-state index in [0.29, 0.717) is 0 Å². The highest BCUT2D eigenvalue weighted by molar-refractivity contribution is 5.90. The van der Waals surface area contributed by atoms with Gasteiger partial charge in [-0.25, -0.2) is 9.59 Å². The maximum atomic E-state index is 10.6. The van der Waals surface area contributed by atoms with E-state index in [4.69, 9.17) is 11.5 Å². The number of nitrogens with two attached hydrogens (primary N) is 2. The molecule has 0 radical (unpaired) electrons. The Labute approximate surface area is 64.7 Å². The van der Waals surface area contributed by atoms with E-state index in [0.717, 1.165) is 0 Å². The maximum Gasteiger partial charge on any atom is 0.330 e. The van der Waals surface area contributed by atoms with Crippen LogP contribution in [0.4, 0.5) is 0 Å². The molecule has 64 valence electrons. The Bertz CT molecular complexity index is 147. The van der Waals surface area contributed by atoms with E-state index in [1.54, 1.807) is 0 Å². The number of hydrogen-bond acceptors (Lipinski definition) is 5. The summed E-state index contributed by atoms with van der Waals surface area (Å²) in [5.41, 5.74) is 10.2. The van der Waals surface area contributed by atoms with Gasteiger partial charge < -0.3 is 16.2 Å². The van der Waals surface area contributed by atoms with Crippen LogP contribution in [0.15, 0.2) is 0 Å². The van der Waals surface area contributed by atoms with Crippen LogP contribution in [-0.2, 0) is 14.3 Å². The zero-order valence-corrected chi connectivity index (χ0v) is 6.53. The first-order chi connectivity index (χ1) is 4.95. The van der Waals surface area contributed by atoms with Crippen molar-refractivity contribution in [3.63, 3.8) is 0 Å². The number of rotatable bonds is 2. The van der Waals surface area contributed by atoms with Gasteiger partial charge in [-0.2, -0.15) is 0 Å². The Kier molecular flexibility index (Phi) is 3.70. The van der Waals surface area contributed by atoms with Crippen molar-refractivity contribution in [1.82, 2.24) is 0 Å². The monoisotopic (exact) mass is 160 g/mol. The molecule has 0 amide bonds. The number of carbonyl (C=O) groups excluding carboxylic acids is 2. The topological polar surface area (TPSA) is 95.4 Å². The molecule has 2 unspecified atom stereocenters. The molecule has 0 fully saturated rings. The summed E-state index contributed by atoms with van der Waals surface area (Å²) in [4.78, 5) is 21.3. The van der Waals surface area contributed by atoms with Gasteiger partial charge in [-0.3, -0.25) is 0 Å². The molecular weight excluding hydrogens is 148 g/mol. The molecule has 0 bridgehead atoms. The first-order valence-electron chi connectivity index (χ1n) is 3.22. The predicted molar refractivity (Wildman–Crippen MR) is 38.4 cm³/mol. The lowest BCUT2D eigenvalue weighted by Gasteiger charge is -2.06. The zero-order valence-electron chi connectivity index (χ0n) is 6.53. The van der Waals surface area contributed by atoms with Crippen LogP contribution in [0.2, 0.25) is 0 Å². The molecule has 0 aliphatic heterocycles. The highest BCUT2D eigenvalue weighted by Gasteiger charge is 2.16. The Morgan fingerprint density at radius 1 is 1.09 bits per heavy atom. The Morgan fingerprint density at radius 2 is 1.36 bits per heavy atom. The molecule has 0 heterocycles. The molecule has 0 saturated carbocycles. The van der Waals surface area contributed by atoms with E-state index >= 15 is 0 Å². The van der Waals surface area contributed by atoms with Gasteiger partial charge in [0.05, 0.1) is 0 Å². The third-order valence-electron chi connectivity index (χ3n) is 0.945. The van der Waals surface area contributed by atoms with Gasteiger partial charge in [0.25, 0.3) is 0 Å². The van der Waals surface area contributed by atoms with Crippen molar-refractivity contribution in [2.45, 2.75) is 25.9 Å². The lowest BCUT2D eigenvalue weighted by Crippen LogP contribution is -2.36. The molecule has 5 nitrogen and oxygen atoms in total. The van der Waals surface area contributed by atoms with E-state index in [2.05, 4.69) is 4.74 Å². The van der Waals surface area contributed by atoms with Crippen molar-refractivity contribution in [2.24, 2.45) is 11.5 Å². The van der Waals surface area contributed by atoms with E-state index in [1.807, 2.05) is 0 Å². The van der Waals surface area contributed by atoms with Gasteiger partial charge in [-0.15, -0.1) is 0 Å². The first kappa shape index (κ1) is 10.1. The van der Waals surface area contributed by atoms with Crippen LogP contribution in [0.3, 0.4) is 0 Å². The van der Waals surface area contributed by atoms with Crippen LogP contribution in [0.25, 0.3) is 0 Å². The molecule has 0 rings (SSSR count). The van der Waals surface area contributed by atoms with Crippen molar-refractivity contribution >= 4 is 11.9 Å².